The van der Waals surface area contributed by atoms with E-state index in [0.717, 1.165) is 18.3 Å². The van der Waals surface area contributed by atoms with Crippen LogP contribution in [0.15, 0.2) is 0 Å². The predicted octanol–water partition coefficient (Wildman–Crippen LogP) is 4.98. The average molecular weight is 404 g/mol. The quantitative estimate of drug-likeness (QED) is 0.375. The van der Waals surface area contributed by atoms with Gasteiger partial charge in [-0.05, 0) is 75.0 Å². The molecule has 2 nitrogen and oxygen atoms in total. The van der Waals surface area contributed by atoms with Gasteiger partial charge in [-0.15, -0.1) is 0 Å². The molecular weight excluding hydrogens is 375 g/mol. The minimum absolute atomic E-state index is 0.0202. The Bertz CT molecular complexity index is 399. The number of ether oxygens (including phenoxy) is 1. The number of carbonyl (C=O) groups excluding carboxylic acids is 1. The predicted molar refractivity (Wildman–Crippen MR) is 93.4 cm³/mol. The number of esters is 1. The van der Waals surface area contributed by atoms with Crippen LogP contribution in [0.3, 0.4) is 0 Å². The smallest absolute Gasteiger partial charge is 0.322 e. The van der Waals surface area contributed by atoms with Crippen LogP contribution in [0.2, 0.25) is 0 Å². The number of hydrogen-bond donors (Lipinski definition) is 0. The molecule has 0 radical (unpaired) electrons. The molecule has 4 saturated carbocycles. The van der Waals surface area contributed by atoms with Gasteiger partial charge in [0.05, 0.1) is 0 Å². The van der Waals surface area contributed by atoms with E-state index in [1.807, 2.05) is 6.92 Å². The van der Waals surface area contributed by atoms with Crippen LogP contribution in [0.25, 0.3) is 0 Å². The summed E-state index contributed by atoms with van der Waals surface area (Å²) in [4.78, 5) is 12.8. The van der Waals surface area contributed by atoms with Gasteiger partial charge in [0.1, 0.15) is 9.02 Å². The molecule has 4 rings (SSSR count). The van der Waals surface area contributed by atoms with Crippen molar-refractivity contribution in [2.45, 2.75) is 75.2 Å². The lowest BCUT2D eigenvalue weighted by Crippen LogP contribution is -2.63. The molecule has 4 aliphatic carbocycles. The second-order valence-electron chi connectivity index (χ2n) is 8.25. The number of carbonyl (C=O) groups is 1. The largest absolute Gasteiger partial charge is 0.457 e. The molecule has 4 bridgehead atoms. The minimum Gasteiger partial charge on any atom is -0.457 e. The van der Waals surface area contributed by atoms with Crippen molar-refractivity contribution >= 4 is 28.6 Å². The highest BCUT2D eigenvalue weighted by Gasteiger charge is 2.61. The molecule has 0 saturated heterocycles. The first-order chi connectivity index (χ1) is 9.79. The van der Waals surface area contributed by atoms with Crippen molar-refractivity contribution in [3.05, 3.63) is 0 Å². The first-order valence-corrected chi connectivity index (χ1v) is 9.79. The zero-order chi connectivity index (χ0) is 15.4. The Labute approximate surface area is 142 Å². The van der Waals surface area contributed by atoms with Crippen molar-refractivity contribution < 1.29 is 9.53 Å². The summed E-state index contributed by atoms with van der Waals surface area (Å²) in [6, 6.07) is 0. The van der Waals surface area contributed by atoms with E-state index in [9.17, 15) is 4.79 Å². The average Bonchev–Trinajstić information content (AvgIpc) is 2.41. The van der Waals surface area contributed by atoms with Crippen LogP contribution in [0, 0.1) is 29.6 Å². The van der Waals surface area contributed by atoms with E-state index in [2.05, 4.69) is 43.4 Å². The van der Waals surface area contributed by atoms with Gasteiger partial charge < -0.3 is 4.74 Å². The summed E-state index contributed by atoms with van der Waals surface area (Å²) in [5.41, 5.74) is -0.174. The summed E-state index contributed by atoms with van der Waals surface area (Å²) in [5.74, 6) is 3.50. The molecule has 0 aromatic rings. The second kappa shape index (κ2) is 5.38. The first kappa shape index (κ1) is 16.1. The molecular formula is C18H29IO2. The van der Waals surface area contributed by atoms with Crippen LogP contribution < -0.4 is 0 Å². The second-order valence-corrected chi connectivity index (χ2v) is 10.6. The number of hydrogen-bond acceptors (Lipinski definition) is 2. The molecule has 0 heterocycles. The highest BCUT2D eigenvalue weighted by Crippen LogP contribution is 2.62. The van der Waals surface area contributed by atoms with Crippen molar-refractivity contribution in [3.63, 3.8) is 0 Å². The lowest BCUT2D eigenvalue weighted by molar-refractivity contribution is -0.226. The van der Waals surface area contributed by atoms with Gasteiger partial charge in [0.25, 0.3) is 0 Å². The summed E-state index contributed by atoms with van der Waals surface area (Å²) < 4.78 is 6.00. The summed E-state index contributed by atoms with van der Waals surface area (Å²) in [5, 5.41) is 0. The highest BCUT2D eigenvalue weighted by molar-refractivity contribution is 14.1. The summed E-state index contributed by atoms with van der Waals surface area (Å²) in [6.07, 6.45) is 7.45. The molecule has 4 aliphatic rings. The molecule has 0 aliphatic heterocycles. The van der Waals surface area contributed by atoms with Crippen LogP contribution >= 0.6 is 22.6 Å². The van der Waals surface area contributed by atoms with E-state index in [4.69, 9.17) is 4.74 Å². The van der Waals surface area contributed by atoms with Gasteiger partial charge in [0, 0.05) is 0 Å². The molecule has 0 aromatic carbocycles. The highest BCUT2D eigenvalue weighted by atomic mass is 127. The Morgan fingerprint density at radius 3 is 2.05 bits per heavy atom. The van der Waals surface area contributed by atoms with Crippen LogP contribution in [0.1, 0.15) is 66.2 Å². The number of alkyl halides is 1. The molecule has 120 valence electrons. The first-order valence-electron chi connectivity index (χ1n) is 8.72. The maximum absolute atomic E-state index is 12.8. The topological polar surface area (TPSA) is 26.3 Å². The van der Waals surface area contributed by atoms with Crippen molar-refractivity contribution in [3.8, 4) is 0 Å². The molecule has 0 spiro atoms. The normalized spacial score (nSPS) is 43.9. The molecule has 1 unspecified atom stereocenters. The Hall–Kier alpha value is 0.200. The summed E-state index contributed by atoms with van der Waals surface area (Å²) in [7, 11) is 0. The standard InChI is InChI=1S/C18H29IO2/c1-5-17(4,19)16(20)21-18(11(2)3)14-7-12-6-13(9-14)10-15(18)8-12/h11-15H,5-10H2,1-4H3. The lowest BCUT2D eigenvalue weighted by Gasteiger charge is -2.62. The van der Waals surface area contributed by atoms with Crippen LogP contribution in [0.4, 0.5) is 0 Å². The third-order valence-corrected chi connectivity index (χ3v) is 7.88. The minimum atomic E-state index is -0.381. The van der Waals surface area contributed by atoms with Crippen molar-refractivity contribution in [1.82, 2.24) is 0 Å². The van der Waals surface area contributed by atoms with Crippen LogP contribution in [0.5, 0.6) is 0 Å². The van der Waals surface area contributed by atoms with Crippen molar-refractivity contribution in [2.75, 3.05) is 0 Å². The fourth-order valence-corrected chi connectivity index (χ4v) is 5.67. The van der Waals surface area contributed by atoms with Crippen LogP contribution in [-0.2, 0) is 9.53 Å². The summed E-state index contributed by atoms with van der Waals surface area (Å²) >= 11 is 2.27. The van der Waals surface area contributed by atoms with E-state index in [0.29, 0.717) is 17.8 Å². The molecule has 3 heteroatoms. The van der Waals surface area contributed by atoms with Gasteiger partial charge in [-0.25, -0.2) is 0 Å². The number of halogens is 1. The van der Waals surface area contributed by atoms with E-state index in [1.54, 1.807) is 0 Å². The van der Waals surface area contributed by atoms with Gasteiger partial charge in [-0.3, -0.25) is 4.79 Å². The molecule has 1 atom stereocenters. The molecule has 0 aromatic heterocycles. The third kappa shape index (κ3) is 2.46. The van der Waals surface area contributed by atoms with Gasteiger partial charge in [0.2, 0.25) is 0 Å². The monoisotopic (exact) mass is 404 g/mol. The molecule has 0 amide bonds. The van der Waals surface area contributed by atoms with E-state index in [-0.39, 0.29) is 15.0 Å². The van der Waals surface area contributed by atoms with E-state index < -0.39 is 0 Å². The Kier molecular flexibility index (Phi) is 4.12. The zero-order valence-corrected chi connectivity index (χ0v) is 16.0. The number of rotatable bonds is 4. The Morgan fingerprint density at radius 2 is 1.67 bits per heavy atom. The van der Waals surface area contributed by atoms with Gasteiger partial charge in [-0.2, -0.15) is 0 Å². The Balaban J connectivity index is 1.89. The maximum atomic E-state index is 12.8. The summed E-state index contributed by atoms with van der Waals surface area (Å²) in [6.45, 7) is 8.63. The molecule has 4 fully saturated rings. The van der Waals surface area contributed by atoms with E-state index in [1.165, 1.54) is 32.1 Å². The van der Waals surface area contributed by atoms with Gasteiger partial charge >= 0.3 is 5.97 Å². The van der Waals surface area contributed by atoms with Gasteiger partial charge in [-0.1, -0.05) is 43.4 Å². The SMILES string of the molecule is CCC(C)(I)C(=O)OC1(C(C)C)C2CC3CC(C2)CC1C3. The fraction of sp³-hybridized carbons (Fsp3) is 0.944. The molecule has 21 heavy (non-hydrogen) atoms. The third-order valence-electron chi connectivity index (χ3n) is 6.68. The Morgan fingerprint density at radius 1 is 1.19 bits per heavy atom. The fourth-order valence-electron chi connectivity index (χ4n) is 5.56. The van der Waals surface area contributed by atoms with E-state index >= 15 is 0 Å². The van der Waals surface area contributed by atoms with Gasteiger partial charge in [0.15, 0.2) is 0 Å². The van der Waals surface area contributed by atoms with Crippen molar-refractivity contribution in [2.24, 2.45) is 29.6 Å². The molecule has 0 N–H and O–H groups in total. The zero-order valence-electron chi connectivity index (χ0n) is 13.8. The van der Waals surface area contributed by atoms with Crippen molar-refractivity contribution in [1.29, 1.82) is 0 Å². The lowest BCUT2D eigenvalue weighted by atomic mass is 9.47. The maximum Gasteiger partial charge on any atom is 0.322 e. The van der Waals surface area contributed by atoms with Crippen LogP contribution in [-0.4, -0.2) is 15.0 Å².